The third-order valence-corrected chi connectivity index (χ3v) is 7.37. The zero-order valence-electron chi connectivity index (χ0n) is 24.6. The molecule has 0 saturated carbocycles. The first-order valence-corrected chi connectivity index (χ1v) is 14.3. The molecular weight excluding hydrogens is 584 g/mol. The van der Waals surface area contributed by atoms with Gasteiger partial charge in [0.05, 0.1) is 24.4 Å². The van der Waals surface area contributed by atoms with Crippen molar-refractivity contribution in [1.29, 1.82) is 0 Å². The van der Waals surface area contributed by atoms with Crippen molar-refractivity contribution in [3.05, 3.63) is 22.2 Å². The number of amides is 4. The summed E-state index contributed by atoms with van der Waals surface area (Å²) in [6.45, 7) is 13.9. The molecule has 11 nitrogen and oxygen atoms in total. The van der Waals surface area contributed by atoms with Gasteiger partial charge in [-0.1, -0.05) is 0 Å². The summed E-state index contributed by atoms with van der Waals surface area (Å²) < 4.78 is 16.7. The highest BCUT2D eigenvalue weighted by atomic mass is 79.9. The Bertz CT molecular complexity index is 1150. The van der Waals surface area contributed by atoms with Crippen molar-refractivity contribution in [2.75, 3.05) is 38.2 Å². The first-order valence-electron chi connectivity index (χ1n) is 13.5. The van der Waals surface area contributed by atoms with Gasteiger partial charge in [0, 0.05) is 36.7 Å². The molecule has 1 aromatic carbocycles. The lowest BCUT2D eigenvalue weighted by Gasteiger charge is -2.42. The quantitative estimate of drug-likeness (QED) is 0.493. The van der Waals surface area contributed by atoms with Crippen molar-refractivity contribution >= 4 is 45.6 Å². The summed E-state index contributed by atoms with van der Waals surface area (Å²) >= 11 is 3.55. The number of piperidine rings is 1. The number of likely N-dealkylation sites (tertiary alicyclic amines) is 1. The lowest BCUT2D eigenvalue weighted by molar-refractivity contribution is -0.132. The number of hydrogen-bond acceptors (Lipinski definition) is 7. The Kier molecular flexibility index (Phi) is 9.64. The minimum absolute atomic E-state index is 0.147. The number of methoxy groups -OCH3 is 1. The standard InChI is InChI=1S/C28H41BrN4O7/c1-17(2)33(18-10-9-12-31(16-18)26(37)40-27(3,4)5)23(34)19-14-21-22(15-20(19)29)39-28(6,7)24(35)32(21)13-11-30-25(36)38-8/h14-15,17-18H,9-13,16H2,1-8H3,(H,30,36)/t18-/m1/s1. The maximum Gasteiger partial charge on any atom is 0.410 e. The molecule has 0 aliphatic carbocycles. The van der Waals surface area contributed by atoms with E-state index >= 15 is 0 Å². The van der Waals surface area contributed by atoms with Crippen molar-refractivity contribution in [1.82, 2.24) is 15.1 Å². The molecule has 222 valence electrons. The molecule has 2 aliphatic rings. The Labute approximate surface area is 244 Å². The molecule has 40 heavy (non-hydrogen) atoms. The number of alkyl carbamates (subject to hydrolysis) is 1. The van der Waals surface area contributed by atoms with Crippen LogP contribution in [0.1, 0.15) is 71.7 Å². The largest absolute Gasteiger partial charge is 0.476 e. The molecule has 1 saturated heterocycles. The lowest BCUT2D eigenvalue weighted by atomic mass is 9.99. The van der Waals surface area contributed by atoms with Gasteiger partial charge in [0.1, 0.15) is 11.4 Å². The number of nitrogens with one attached hydrogen (secondary N) is 1. The Morgan fingerprint density at radius 2 is 1.93 bits per heavy atom. The van der Waals surface area contributed by atoms with Crippen LogP contribution in [-0.4, -0.2) is 90.4 Å². The average Bonchev–Trinajstić information content (AvgIpc) is 2.84. The first-order chi connectivity index (χ1) is 18.6. The van der Waals surface area contributed by atoms with Crippen LogP contribution in [0.15, 0.2) is 16.6 Å². The van der Waals surface area contributed by atoms with E-state index in [1.165, 1.54) is 12.0 Å². The van der Waals surface area contributed by atoms with E-state index in [9.17, 15) is 19.2 Å². The van der Waals surface area contributed by atoms with Crippen LogP contribution >= 0.6 is 15.9 Å². The molecule has 1 fully saturated rings. The van der Waals surface area contributed by atoms with Gasteiger partial charge in [-0.3, -0.25) is 9.59 Å². The molecule has 0 aromatic heterocycles. The van der Waals surface area contributed by atoms with Crippen LogP contribution in [0, 0.1) is 0 Å². The minimum Gasteiger partial charge on any atom is -0.476 e. The molecule has 0 bridgehead atoms. The summed E-state index contributed by atoms with van der Waals surface area (Å²) in [5.41, 5.74) is -0.952. The number of halogens is 1. The summed E-state index contributed by atoms with van der Waals surface area (Å²) in [5.74, 6) is -0.0880. The molecule has 0 unspecified atom stereocenters. The monoisotopic (exact) mass is 624 g/mol. The average molecular weight is 626 g/mol. The van der Waals surface area contributed by atoms with Crippen LogP contribution in [0.3, 0.4) is 0 Å². The molecular formula is C28H41BrN4O7. The Morgan fingerprint density at radius 1 is 1.25 bits per heavy atom. The van der Waals surface area contributed by atoms with E-state index in [1.54, 1.807) is 35.8 Å². The van der Waals surface area contributed by atoms with Crippen molar-refractivity contribution in [3.8, 4) is 5.75 Å². The fourth-order valence-corrected chi connectivity index (χ4v) is 5.44. The van der Waals surface area contributed by atoms with Gasteiger partial charge < -0.3 is 34.2 Å². The van der Waals surface area contributed by atoms with Gasteiger partial charge in [0.25, 0.3) is 11.8 Å². The third kappa shape index (κ3) is 7.18. The Balaban J connectivity index is 1.92. The van der Waals surface area contributed by atoms with Crippen LogP contribution in [0.2, 0.25) is 0 Å². The second-order valence-electron chi connectivity index (χ2n) is 11.8. The van der Waals surface area contributed by atoms with E-state index in [2.05, 4.69) is 26.0 Å². The summed E-state index contributed by atoms with van der Waals surface area (Å²) in [4.78, 5) is 56.7. The van der Waals surface area contributed by atoms with E-state index in [0.29, 0.717) is 34.6 Å². The van der Waals surface area contributed by atoms with Gasteiger partial charge in [0.15, 0.2) is 5.60 Å². The van der Waals surface area contributed by atoms with Crippen molar-refractivity contribution in [3.63, 3.8) is 0 Å². The highest BCUT2D eigenvalue weighted by Crippen LogP contribution is 2.41. The topological polar surface area (TPSA) is 118 Å². The minimum atomic E-state index is -1.14. The molecule has 1 aromatic rings. The first kappa shape index (κ1) is 31.5. The third-order valence-electron chi connectivity index (χ3n) is 6.72. The van der Waals surface area contributed by atoms with Crippen LogP contribution in [-0.2, 0) is 14.3 Å². The van der Waals surface area contributed by atoms with Crippen molar-refractivity contribution < 1.29 is 33.4 Å². The van der Waals surface area contributed by atoms with Crippen LogP contribution < -0.4 is 15.0 Å². The predicted octanol–water partition coefficient (Wildman–Crippen LogP) is 4.56. The maximum absolute atomic E-state index is 14.1. The highest BCUT2D eigenvalue weighted by Gasteiger charge is 2.42. The van der Waals surface area contributed by atoms with E-state index in [1.807, 2.05) is 34.6 Å². The van der Waals surface area contributed by atoms with Gasteiger partial charge in [-0.25, -0.2) is 9.59 Å². The van der Waals surface area contributed by atoms with E-state index in [4.69, 9.17) is 9.47 Å². The lowest BCUT2D eigenvalue weighted by Crippen LogP contribution is -2.55. The molecule has 12 heteroatoms. The fraction of sp³-hybridized carbons (Fsp3) is 0.643. The SMILES string of the molecule is COC(=O)NCCN1C(=O)C(C)(C)Oc2cc(Br)c(C(=O)N(C(C)C)[C@@H]3CCCN(C(=O)OC(C)(C)C)C3)cc21. The maximum atomic E-state index is 14.1. The second-order valence-corrected chi connectivity index (χ2v) is 12.7. The normalized spacial score (nSPS) is 18.6. The van der Waals surface area contributed by atoms with Crippen LogP contribution in [0.4, 0.5) is 15.3 Å². The van der Waals surface area contributed by atoms with Gasteiger partial charge in [-0.15, -0.1) is 0 Å². The highest BCUT2D eigenvalue weighted by molar-refractivity contribution is 9.10. The number of carbonyl (C=O) groups excluding carboxylic acids is 4. The molecule has 4 amide bonds. The van der Waals surface area contributed by atoms with E-state index in [0.717, 1.165) is 12.8 Å². The summed E-state index contributed by atoms with van der Waals surface area (Å²) in [6.07, 6.45) is 0.488. The molecule has 0 spiro atoms. The number of hydrogen-bond donors (Lipinski definition) is 1. The van der Waals surface area contributed by atoms with Crippen molar-refractivity contribution in [2.24, 2.45) is 0 Å². The molecule has 3 rings (SSSR count). The number of benzene rings is 1. The zero-order valence-corrected chi connectivity index (χ0v) is 26.2. The number of anilines is 1. The van der Waals surface area contributed by atoms with Crippen LogP contribution in [0.5, 0.6) is 5.75 Å². The number of carbonyl (C=O) groups is 4. The molecule has 2 heterocycles. The Hall–Kier alpha value is -3.02. The van der Waals surface area contributed by atoms with Gasteiger partial charge in [-0.2, -0.15) is 0 Å². The summed E-state index contributed by atoms with van der Waals surface area (Å²) in [7, 11) is 1.27. The number of nitrogens with zero attached hydrogens (tertiary/aromatic N) is 3. The molecule has 2 aliphatic heterocycles. The van der Waals surface area contributed by atoms with Gasteiger partial charge in [0.2, 0.25) is 0 Å². The molecule has 0 radical (unpaired) electrons. The fourth-order valence-electron chi connectivity index (χ4n) is 4.95. The smallest absolute Gasteiger partial charge is 0.410 e. The van der Waals surface area contributed by atoms with E-state index < -0.39 is 23.4 Å². The van der Waals surface area contributed by atoms with Gasteiger partial charge in [-0.05, 0) is 89.4 Å². The van der Waals surface area contributed by atoms with E-state index in [-0.39, 0.29) is 37.0 Å². The predicted molar refractivity (Wildman–Crippen MR) is 154 cm³/mol. The summed E-state index contributed by atoms with van der Waals surface area (Å²) in [6, 6.07) is 2.98. The summed E-state index contributed by atoms with van der Waals surface area (Å²) in [5, 5.41) is 2.59. The zero-order chi connectivity index (χ0) is 30.0. The van der Waals surface area contributed by atoms with Crippen molar-refractivity contribution in [2.45, 2.75) is 84.6 Å². The molecule has 1 N–H and O–H groups in total. The number of ether oxygens (including phenoxy) is 3. The Morgan fingerprint density at radius 3 is 2.52 bits per heavy atom. The van der Waals surface area contributed by atoms with Gasteiger partial charge >= 0.3 is 12.2 Å². The number of fused-ring (bicyclic) bond motifs is 1. The molecule has 1 atom stereocenters. The second kappa shape index (κ2) is 12.2. The van der Waals surface area contributed by atoms with Crippen LogP contribution in [0.25, 0.3) is 0 Å². The number of rotatable bonds is 6.